The third kappa shape index (κ3) is 17.7. The molecule has 0 saturated carbocycles. The summed E-state index contributed by atoms with van der Waals surface area (Å²) in [6, 6.07) is 16.4. The molecule has 0 atom stereocenters. The average molecular weight is 741 g/mol. The maximum atomic E-state index is 12.9. The first-order chi connectivity index (χ1) is 20.7. The van der Waals surface area contributed by atoms with Gasteiger partial charge in [0, 0.05) is 0 Å². The van der Waals surface area contributed by atoms with Crippen LogP contribution < -0.4 is 4.74 Å². The summed E-state index contributed by atoms with van der Waals surface area (Å²) in [4.78, 5) is 0. The summed E-state index contributed by atoms with van der Waals surface area (Å²) in [5.74, 6) is 0.764. The topological polar surface area (TPSA) is 52.6 Å². The zero-order chi connectivity index (χ0) is 31.2. The van der Waals surface area contributed by atoms with Crippen LogP contribution in [0.5, 0.6) is 5.75 Å². The van der Waals surface area contributed by atoms with Crippen molar-refractivity contribution in [2.75, 3.05) is 11.0 Å². The van der Waals surface area contributed by atoms with Crippen LogP contribution in [0, 0.1) is 0 Å². The van der Waals surface area contributed by atoms with E-state index in [1.807, 2.05) is 24.3 Å². The third-order valence-corrected chi connectivity index (χ3v) is 14.7. The fourth-order valence-electron chi connectivity index (χ4n) is 4.82. The predicted octanol–water partition coefficient (Wildman–Crippen LogP) is 11.4. The Morgan fingerprint density at radius 3 is 1.63 bits per heavy atom. The number of benzene rings is 2. The minimum absolute atomic E-state index is 0.223. The van der Waals surface area contributed by atoms with Gasteiger partial charge in [0.25, 0.3) is 0 Å². The number of unbranched alkanes of at least 4 members (excludes halogenated alkanes) is 15. The summed E-state index contributed by atoms with van der Waals surface area (Å²) in [7, 11) is -5.61. The van der Waals surface area contributed by atoms with Crippen molar-refractivity contribution in [3.63, 3.8) is 0 Å². The van der Waals surface area contributed by atoms with Crippen LogP contribution in [0.3, 0.4) is 0 Å². The summed E-state index contributed by atoms with van der Waals surface area (Å²) in [5, 5.41) is 0. The molecule has 0 fully saturated rings. The first-order valence-electron chi connectivity index (χ1n) is 16.1. The summed E-state index contributed by atoms with van der Waals surface area (Å²) in [5.41, 5.74) is -3.72. The molecule has 43 heavy (non-hydrogen) atoms. The molecule has 0 aliphatic heterocycles. The van der Waals surface area contributed by atoms with E-state index >= 15 is 0 Å². The molecule has 0 radical (unpaired) electrons. The molecule has 246 valence electrons. The van der Waals surface area contributed by atoms with Gasteiger partial charge in [0.05, 0.1) is 0 Å². The number of halogens is 4. The van der Waals surface area contributed by atoms with Crippen LogP contribution in [0.25, 0.3) is 0 Å². The van der Waals surface area contributed by atoms with E-state index in [1.165, 1.54) is 89.9 Å². The van der Waals surface area contributed by atoms with Gasteiger partial charge >= 0.3 is 184 Å². The molecule has 0 aliphatic carbocycles. The van der Waals surface area contributed by atoms with Crippen LogP contribution in [0.2, 0.25) is 0 Å². The molecule has 0 bridgehead atoms. The molecular weight excluding hydrogens is 688 g/mol. The molecule has 0 amide bonds. The first kappa shape index (κ1) is 37.9. The fourth-order valence-corrected chi connectivity index (χ4v) is 11.9. The standard InChI is InChI=1S/C34H52F3IO4S/c1-2-3-4-5-6-7-8-9-10-11-12-13-14-15-16-20-29-41-33-25-23-31(24-26-33)27-28-38(30-32-21-18-17-19-22-32)42-43(39,40)34(35,36)37/h17-19,21-26H,2-16,20,27-30H2,1H3. The Hall–Kier alpha value is -1.33. The number of alkyl halides is 5. The van der Waals surface area contributed by atoms with E-state index < -0.39 is 35.9 Å². The molecule has 0 unspecified atom stereocenters. The molecule has 0 spiro atoms. The maximum absolute atomic E-state index is 12.9. The fraction of sp³-hybridized carbons (Fsp3) is 0.647. The second-order valence-corrected chi connectivity index (χ2v) is 18.0. The minimum atomic E-state index is -5.61. The molecular formula is C34H52F3IO4S. The number of ether oxygens (including phenoxy) is 1. The molecule has 0 aromatic heterocycles. The van der Waals surface area contributed by atoms with Crippen molar-refractivity contribution >= 4 is 30.4 Å². The van der Waals surface area contributed by atoms with Gasteiger partial charge in [0.15, 0.2) is 0 Å². The van der Waals surface area contributed by atoms with Gasteiger partial charge in [-0.25, -0.2) is 0 Å². The SMILES string of the molecule is CCCCCCCCCCCCCCCCCCOc1ccc(CCI(Cc2ccccc2)OS(=O)(=O)C(F)(F)F)cc1. The van der Waals surface area contributed by atoms with E-state index in [4.69, 9.17) is 7.25 Å². The van der Waals surface area contributed by atoms with E-state index in [2.05, 4.69) is 6.92 Å². The molecule has 2 aromatic rings. The van der Waals surface area contributed by atoms with Gasteiger partial charge in [0.1, 0.15) is 0 Å². The van der Waals surface area contributed by atoms with Crippen LogP contribution in [0.15, 0.2) is 54.6 Å². The van der Waals surface area contributed by atoms with Crippen molar-refractivity contribution in [1.29, 1.82) is 0 Å². The Bertz CT molecular complexity index is 1060. The van der Waals surface area contributed by atoms with Crippen LogP contribution in [0.1, 0.15) is 121 Å². The Morgan fingerprint density at radius 1 is 0.651 bits per heavy atom. The second kappa shape index (κ2) is 22.2. The van der Waals surface area contributed by atoms with Gasteiger partial charge in [-0.2, -0.15) is 0 Å². The van der Waals surface area contributed by atoms with Crippen molar-refractivity contribution in [1.82, 2.24) is 0 Å². The van der Waals surface area contributed by atoms with E-state index in [9.17, 15) is 21.6 Å². The van der Waals surface area contributed by atoms with Crippen molar-refractivity contribution in [3.8, 4) is 5.75 Å². The van der Waals surface area contributed by atoms with E-state index in [1.54, 1.807) is 30.3 Å². The van der Waals surface area contributed by atoms with Crippen LogP contribution in [-0.4, -0.2) is 25.0 Å². The van der Waals surface area contributed by atoms with Gasteiger partial charge in [-0.05, 0) is 0 Å². The Labute approximate surface area is 266 Å². The Balaban J connectivity index is 1.56. The predicted molar refractivity (Wildman–Crippen MR) is 180 cm³/mol. The molecule has 4 nitrogen and oxygen atoms in total. The van der Waals surface area contributed by atoms with Crippen molar-refractivity contribution in [2.24, 2.45) is 0 Å². The second-order valence-electron chi connectivity index (χ2n) is 11.2. The number of aryl methyl sites for hydroxylation is 1. The molecule has 0 N–H and O–H groups in total. The first-order valence-corrected chi connectivity index (χ1v) is 21.4. The van der Waals surface area contributed by atoms with Gasteiger partial charge in [0.2, 0.25) is 0 Å². The van der Waals surface area contributed by atoms with Crippen molar-refractivity contribution < 1.29 is 28.8 Å². The number of hydrogen-bond donors (Lipinski definition) is 0. The van der Waals surface area contributed by atoms with Gasteiger partial charge in [-0.1, -0.05) is 84.0 Å². The molecule has 0 saturated heterocycles. The molecule has 0 aliphatic rings. The monoisotopic (exact) mass is 740 g/mol. The van der Waals surface area contributed by atoms with E-state index in [0.717, 1.165) is 29.7 Å². The van der Waals surface area contributed by atoms with Gasteiger partial charge in [-0.15, -0.1) is 0 Å². The quantitative estimate of drug-likeness (QED) is 0.0440. The van der Waals surface area contributed by atoms with Crippen molar-refractivity contribution in [2.45, 2.75) is 126 Å². The van der Waals surface area contributed by atoms with Gasteiger partial charge < -0.3 is 0 Å². The Kier molecular flexibility index (Phi) is 19.6. The van der Waals surface area contributed by atoms with Crippen molar-refractivity contribution in [3.05, 3.63) is 65.7 Å². The van der Waals surface area contributed by atoms with Crippen LogP contribution >= 0.6 is 20.2 Å². The molecule has 2 aromatic carbocycles. The summed E-state index contributed by atoms with van der Waals surface area (Å²) >= 11 is -2.97. The summed E-state index contributed by atoms with van der Waals surface area (Å²) in [6.07, 6.45) is 21.7. The number of rotatable bonds is 25. The summed E-state index contributed by atoms with van der Waals surface area (Å²) < 4.78 is 73.4. The van der Waals surface area contributed by atoms with Gasteiger partial charge in [-0.3, -0.25) is 0 Å². The van der Waals surface area contributed by atoms with E-state index in [-0.39, 0.29) is 8.86 Å². The molecule has 0 heterocycles. The Morgan fingerprint density at radius 2 is 1.14 bits per heavy atom. The van der Waals surface area contributed by atoms with Crippen LogP contribution in [0.4, 0.5) is 13.2 Å². The van der Waals surface area contributed by atoms with E-state index in [0.29, 0.717) is 13.0 Å². The summed E-state index contributed by atoms with van der Waals surface area (Å²) in [6.45, 7) is 2.93. The normalized spacial score (nSPS) is 12.4. The third-order valence-electron chi connectivity index (χ3n) is 7.39. The average Bonchev–Trinajstić information content (AvgIpc) is 2.98. The van der Waals surface area contributed by atoms with Crippen LogP contribution in [-0.2, 0) is 23.5 Å². The number of hydrogen-bond acceptors (Lipinski definition) is 4. The zero-order valence-corrected chi connectivity index (χ0v) is 28.9. The molecule has 9 heteroatoms. The molecule has 2 rings (SSSR count). The zero-order valence-electron chi connectivity index (χ0n) is 25.9.